The zero-order valence-electron chi connectivity index (χ0n) is 14.5. The Morgan fingerprint density at radius 1 is 1.40 bits per heavy atom. The smallest absolute Gasteiger partial charge is 0.245 e. The molecule has 1 fully saturated rings. The minimum absolute atomic E-state index is 0.167. The van der Waals surface area contributed by atoms with Gasteiger partial charge in [0.05, 0.1) is 5.52 Å². The number of hydrogen-bond donors (Lipinski definition) is 1. The molecular weight excluding hydrogens is 338 g/mol. The molecule has 0 saturated carbocycles. The number of sulfonamides is 1. The summed E-state index contributed by atoms with van der Waals surface area (Å²) in [6, 6.07) is 6.41. The van der Waals surface area contributed by atoms with Crippen molar-refractivity contribution in [1.82, 2.24) is 14.6 Å². The Hall–Kier alpha value is -1.99. The second kappa shape index (κ2) is 7.09. The molecule has 134 valence electrons. The maximum atomic E-state index is 13.2. The Bertz CT molecular complexity index is 896. The normalized spacial score (nSPS) is 18.6. The van der Waals surface area contributed by atoms with E-state index >= 15 is 0 Å². The van der Waals surface area contributed by atoms with Gasteiger partial charge in [0.1, 0.15) is 10.9 Å². The highest BCUT2D eigenvalue weighted by atomic mass is 32.2. The molecule has 1 N–H and O–H groups in total. The molecule has 0 radical (unpaired) electrons. The molecule has 2 heterocycles. The van der Waals surface area contributed by atoms with E-state index in [0.29, 0.717) is 31.4 Å². The van der Waals surface area contributed by atoms with Crippen LogP contribution in [0, 0.1) is 6.92 Å². The van der Waals surface area contributed by atoms with Gasteiger partial charge in [-0.05, 0) is 43.9 Å². The first-order valence-electron chi connectivity index (χ1n) is 8.60. The van der Waals surface area contributed by atoms with Crippen LogP contribution in [0.1, 0.15) is 31.7 Å². The molecule has 1 aliphatic rings. The van der Waals surface area contributed by atoms with E-state index in [9.17, 15) is 13.2 Å². The topological polar surface area (TPSA) is 79.4 Å². The van der Waals surface area contributed by atoms with E-state index in [1.54, 1.807) is 18.3 Å². The minimum Gasteiger partial charge on any atom is -0.355 e. The second-order valence-electron chi connectivity index (χ2n) is 6.41. The fourth-order valence-corrected chi connectivity index (χ4v) is 5.06. The SMILES string of the molecule is CCCNC(=O)[C@@H]1CCCN1S(=O)(=O)c1cccc2cc(C)cnc12. The van der Waals surface area contributed by atoms with Crippen molar-refractivity contribution in [1.29, 1.82) is 0 Å². The van der Waals surface area contributed by atoms with Crippen LogP contribution in [-0.4, -0.2) is 42.7 Å². The Kier molecular flexibility index (Phi) is 5.06. The molecule has 1 aromatic carbocycles. The van der Waals surface area contributed by atoms with Gasteiger partial charge in [-0.1, -0.05) is 19.1 Å². The summed E-state index contributed by atoms with van der Waals surface area (Å²) >= 11 is 0. The molecular formula is C18H23N3O3S. The zero-order valence-corrected chi connectivity index (χ0v) is 15.3. The number of carbonyl (C=O) groups is 1. The average Bonchev–Trinajstić information content (AvgIpc) is 3.09. The summed E-state index contributed by atoms with van der Waals surface area (Å²) in [6.45, 7) is 4.79. The van der Waals surface area contributed by atoms with E-state index in [-0.39, 0.29) is 10.8 Å². The molecule has 0 unspecified atom stereocenters. The lowest BCUT2D eigenvalue weighted by molar-refractivity contribution is -0.124. The van der Waals surface area contributed by atoms with E-state index < -0.39 is 16.1 Å². The average molecular weight is 361 g/mol. The number of benzene rings is 1. The molecule has 1 amide bonds. The van der Waals surface area contributed by atoms with Crippen LogP contribution in [0.5, 0.6) is 0 Å². The van der Waals surface area contributed by atoms with Crippen molar-refractivity contribution >= 4 is 26.8 Å². The third-order valence-corrected chi connectivity index (χ3v) is 6.39. The largest absolute Gasteiger partial charge is 0.355 e. The van der Waals surface area contributed by atoms with E-state index in [0.717, 1.165) is 17.4 Å². The first kappa shape index (κ1) is 17.8. The van der Waals surface area contributed by atoms with E-state index in [1.807, 2.05) is 26.0 Å². The summed E-state index contributed by atoms with van der Waals surface area (Å²) in [5.74, 6) is -0.216. The van der Waals surface area contributed by atoms with Gasteiger partial charge in [-0.15, -0.1) is 0 Å². The number of fused-ring (bicyclic) bond motifs is 1. The summed E-state index contributed by atoms with van der Waals surface area (Å²) < 4.78 is 27.8. The number of rotatable bonds is 5. The van der Waals surface area contributed by atoms with Crippen molar-refractivity contribution in [3.8, 4) is 0 Å². The van der Waals surface area contributed by atoms with Crippen LogP contribution in [0.15, 0.2) is 35.4 Å². The van der Waals surface area contributed by atoms with E-state index in [1.165, 1.54) is 4.31 Å². The summed E-state index contributed by atoms with van der Waals surface area (Å²) in [5.41, 5.74) is 1.42. The minimum atomic E-state index is -3.79. The molecule has 1 atom stereocenters. The van der Waals surface area contributed by atoms with Gasteiger partial charge in [0.25, 0.3) is 0 Å². The van der Waals surface area contributed by atoms with Crippen LogP contribution in [0.2, 0.25) is 0 Å². The molecule has 1 aliphatic heterocycles. The fourth-order valence-electron chi connectivity index (χ4n) is 3.23. The lowest BCUT2D eigenvalue weighted by atomic mass is 10.2. The van der Waals surface area contributed by atoms with Crippen LogP contribution in [0.25, 0.3) is 10.9 Å². The summed E-state index contributed by atoms with van der Waals surface area (Å²) in [6.07, 6.45) is 3.71. The van der Waals surface area contributed by atoms with Gasteiger partial charge in [0.15, 0.2) is 0 Å². The number of nitrogens with zero attached hydrogens (tertiary/aromatic N) is 2. The number of aryl methyl sites for hydroxylation is 1. The van der Waals surface area contributed by atoms with Gasteiger partial charge in [-0.25, -0.2) is 8.42 Å². The van der Waals surface area contributed by atoms with Crippen LogP contribution in [0.4, 0.5) is 0 Å². The number of aromatic nitrogens is 1. The summed E-state index contributed by atoms with van der Waals surface area (Å²) in [4.78, 5) is 16.9. The lowest BCUT2D eigenvalue weighted by Crippen LogP contribution is -2.46. The maximum Gasteiger partial charge on any atom is 0.245 e. The van der Waals surface area contributed by atoms with Gasteiger partial charge >= 0.3 is 0 Å². The highest BCUT2D eigenvalue weighted by molar-refractivity contribution is 7.89. The molecule has 7 heteroatoms. The predicted molar refractivity (Wildman–Crippen MR) is 96.7 cm³/mol. The van der Waals surface area contributed by atoms with Crippen LogP contribution < -0.4 is 5.32 Å². The molecule has 1 aromatic heterocycles. The van der Waals surface area contributed by atoms with Crippen molar-refractivity contribution in [2.45, 2.75) is 44.0 Å². The lowest BCUT2D eigenvalue weighted by Gasteiger charge is -2.23. The van der Waals surface area contributed by atoms with Crippen molar-refractivity contribution in [3.63, 3.8) is 0 Å². The van der Waals surface area contributed by atoms with E-state index in [4.69, 9.17) is 0 Å². The van der Waals surface area contributed by atoms with Crippen molar-refractivity contribution in [3.05, 3.63) is 36.0 Å². The second-order valence-corrected chi connectivity index (χ2v) is 8.26. The predicted octanol–water partition coefficient (Wildman–Crippen LogP) is 2.22. The van der Waals surface area contributed by atoms with Crippen LogP contribution in [0.3, 0.4) is 0 Å². The van der Waals surface area contributed by atoms with Gasteiger partial charge in [0, 0.05) is 24.7 Å². The van der Waals surface area contributed by atoms with E-state index in [2.05, 4.69) is 10.3 Å². The van der Waals surface area contributed by atoms with Gasteiger partial charge in [-0.2, -0.15) is 4.31 Å². The number of carbonyl (C=O) groups excluding carboxylic acids is 1. The molecule has 25 heavy (non-hydrogen) atoms. The number of pyridine rings is 1. The van der Waals surface area contributed by atoms with Crippen LogP contribution >= 0.6 is 0 Å². The van der Waals surface area contributed by atoms with Crippen molar-refractivity contribution in [2.75, 3.05) is 13.1 Å². The molecule has 3 rings (SSSR count). The standard InChI is InChI=1S/C18H23N3O3S/c1-3-9-19-18(22)15-7-5-10-21(15)25(23,24)16-8-4-6-14-11-13(2)12-20-17(14)16/h4,6,8,11-12,15H,3,5,7,9-10H2,1-2H3,(H,19,22)/t15-/m0/s1. The number of hydrogen-bond acceptors (Lipinski definition) is 4. The molecule has 0 bridgehead atoms. The summed E-state index contributed by atoms with van der Waals surface area (Å²) in [5, 5.41) is 3.60. The molecule has 0 spiro atoms. The zero-order chi connectivity index (χ0) is 18.0. The number of para-hydroxylation sites is 1. The Labute approximate surface area is 148 Å². The molecule has 6 nitrogen and oxygen atoms in total. The first-order chi connectivity index (χ1) is 11.9. The van der Waals surface area contributed by atoms with Gasteiger partial charge in [0.2, 0.25) is 15.9 Å². The summed E-state index contributed by atoms with van der Waals surface area (Å²) in [7, 11) is -3.79. The number of amides is 1. The van der Waals surface area contributed by atoms with Crippen LogP contribution in [-0.2, 0) is 14.8 Å². The monoisotopic (exact) mass is 361 g/mol. The Morgan fingerprint density at radius 2 is 2.20 bits per heavy atom. The third-order valence-electron chi connectivity index (χ3n) is 4.45. The van der Waals surface area contributed by atoms with Gasteiger partial charge < -0.3 is 5.32 Å². The highest BCUT2D eigenvalue weighted by Gasteiger charge is 2.40. The maximum absolute atomic E-state index is 13.2. The Balaban J connectivity index is 2.00. The van der Waals surface area contributed by atoms with Gasteiger partial charge in [-0.3, -0.25) is 9.78 Å². The van der Waals surface area contributed by atoms with Crippen molar-refractivity contribution in [2.24, 2.45) is 0 Å². The van der Waals surface area contributed by atoms with Crippen molar-refractivity contribution < 1.29 is 13.2 Å². The first-order valence-corrected chi connectivity index (χ1v) is 10.0. The number of nitrogens with one attached hydrogen (secondary N) is 1. The highest BCUT2D eigenvalue weighted by Crippen LogP contribution is 2.30. The molecule has 2 aromatic rings. The fraction of sp³-hybridized carbons (Fsp3) is 0.444. The molecule has 0 aliphatic carbocycles. The third kappa shape index (κ3) is 3.39. The Morgan fingerprint density at radius 3 is 2.96 bits per heavy atom. The molecule has 1 saturated heterocycles. The quantitative estimate of drug-likeness (QED) is 0.886.